The van der Waals surface area contributed by atoms with Gasteiger partial charge in [0, 0.05) is 25.7 Å². The van der Waals surface area contributed by atoms with Crippen molar-refractivity contribution in [1.82, 2.24) is 10.2 Å². The molecule has 2 unspecified atom stereocenters. The Labute approximate surface area is 98.6 Å². The minimum atomic E-state index is 0.146. The highest BCUT2D eigenvalue weighted by molar-refractivity contribution is 5.77. The third kappa shape index (κ3) is 4.10. The van der Waals surface area contributed by atoms with Crippen molar-refractivity contribution in [2.45, 2.75) is 39.2 Å². The average Bonchev–Trinajstić information content (AvgIpc) is 2.29. The minimum Gasteiger partial charge on any atom is -0.355 e. The molecule has 0 bridgehead atoms. The zero-order valence-electron chi connectivity index (χ0n) is 10.5. The lowest BCUT2D eigenvalue weighted by Gasteiger charge is -2.36. The molecule has 0 spiro atoms. The molecule has 1 rings (SSSR count). The quantitative estimate of drug-likeness (QED) is 0.722. The Balaban J connectivity index is 2.30. The van der Waals surface area contributed by atoms with Crippen molar-refractivity contribution in [2.75, 3.05) is 26.2 Å². The number of carbonyl (C=O) groups excluding carboxylic acids is 1. The summed E-state index contributed by atoms with van der Waals surface area (Å²) < 4.78 is 0. The van der Waals surface area contributed by atoms with E-state index in [0.717, 1.165) is 38.9 Å². The number of piperidine rings is 1. The van der Waals surface area contributed by atoms with Crippen molar-refractivity contribution >= 4 is 5.91 Å². The second kappa shape index (κ2) is 6.86. The van der Waals surface area contributed by atoms with E-state index in [9.17, 15) is 4.79 Å². The average molecular weight is 227 g/mol. The van der Waals surface area contributed by atoms with Gasteiger partial charge in [0.1, 0.15) is 0 Å². The van der Waals surface area contributed by atoms with E-state index in [4.69, 9.17) is 5.73 Å². The Bertz CT molecular complexity index is 220. The molecular weight excluding hydrogens is 202 g/mol. The number of hydrogen-bond acceptors (Lipinski definition) is 3. The number of amides is 1. The van der Waals surface area contributed by atoms with E-state index in [-0.39, 0.29) is 5.91 Å². The van der Waals surface area contributed by atoms with Gasteiger partial charge in [0.05, 0.1) is 6.54 Å². The van der Waals surface area contributed by atoms with E-state index < -0.39 is 0 Å². The predicted octanol–water partition coefficient (Wildman–Crippen LogP) is 0.572. The SMILES string of the molecule is CCCNC(=O)CN1CCC(N)C(CC)C1. The summed E-state index contributed by atoms with van der Waals surface area (Å²) in [6.45, 7) is 7.47. The van der Waals surface area contributed by atoms with Crippen molar-refractivity contribution in [3.63, 3.8) is 0 Å². The van der Waals surface area contributed by atoms with Gasteiger partial charge in [-0.2, -0.15) is 0 Å². The largest absolute Gasteiger partial charge is 0.355 e. The molecule has 1 saturated heterocycles. The molecule has 0 radical (unpaired) electrons. The number of hydrogen-bond donors (Lipinski definition) is 2. The van der Waals surface area contributed by atoms with Crippen LogP contribution in [0.1, 0.15) is 33.1 Å². The van der Waals surface area contributed by atoms with Crippen LogP contribution >= 0.6 is 0 Å². The molecule has 0 aromatic rings. The molecule has 4 nitrogen and oxygen atoms in total. The standard InChI is InChI=1S/C12H25N3O/c1-3-6-14-12(16)9-15-7-5-11(13)10(4-2)8-15/h10-11H,3-9,13H2,1-2H3,(H,14,16). The van der Waals surface area contributed by atoms with Crippen LogP contribution in [0.4, 0.5) is 0 Å². The Morgan fingerprint density at radius 3 is 2.88 bits per heavy atom. The molecule has 2 atom stereocenters. The maximum Gasteiger partial charge on any atom is 0.234 e. The Morgan fingerprint density at radius 2 is 2.25 bits per heavy atom. The highest BCUT2D eigenvalue weighted by Gasteiger charge is 2.25. The van der Waals surface area contributed by atoms with Crippen molar-refractivity contribution in [3.05, 3.63) is 0 Å². The summed E-state index contributed by atoms with van der Waals surface area (Å²) in [6.07, 6.45) is 3.11. The number of carbonyl (C=O) groups is 1. The number of rotatable bonds is 5. The van der Waals surface area contributed by atoms with Crippen LogP contribution in [-0.4, -0.2) is 43.0 Å². The van der Waals surface area contributed by atoms with Crippen molar-refractivity contribution < 1.29 is 4.79 Å². The van der Waals surface area contributed by atoms with Crippen LogP contribution in [-0.2, 0) is 4.79 Å². The molecule has 0 aliphatic carbocycles. The first-order chi connectivity index (χ1) is 7.67. The molecule has 1 aliphatic heterocycles. The Hall–Kier alpha value is -0.610. The summed E-state index contributed by atoms with van der Waals surface area (Å²) >= 11 is 0. The molecule has 1 amide bonds. The van der Waals surface area contributed by atoms with Crippen LogP contribution in [0.5, 0.6) is 0 Å². The summed E-state index contributed by atoms with van der Waals surface area (Å²) in [6, 6.07) is 0.319. The van der Waals surface area contributed by atoms with Crippen LogP contribution in [0, 0.1) is 5.92 Å². The highest BCUT2D eigenvalue weighted by atomic mass is 16.2. The highest BCUT2D eigenvalue weighted by Crippen LogP contribution is 2.17. The summed E-state index contributed by atoms with van der Waals surface area (Å²) in [7, 11) is 0. The van der Waals surface area contributed by atoms with E-state index in [1.165, 1.54) is 0 Å². The van der Waals surface area contributed by atoms with Crippen LogP contribution in [0.25, 0.3) is 0 Å². The molecule has 1 aliphatic rings. The Kier molecular flexibility index (Phi) is 5.77. The van der Waals surface area contributed by atoms with E-state index >= 15 is 0 Å². The van der Waals surface area contributed by atoms with Crippen LogP contribution < -0.4 is 11.1 Å². The van der Waals surface area contributed by atoms with E-state index in [2.05, 4.69) is 24.1 Å². The summed E-state index contributed by atoms with van der Waals surface area (Å²) in [4.78, 5) is 13.8. The predicted molar refractivity (Wildman–Crippen MR) is 66.1 cm³/mol. The summed E-state index contributed by atoms with van der Waals surface area (Å²) in [5.41, 5.74) is 6.04. The first kappa shape index (κ1) is 13.5. The zero-order valence-corrected chi connectivity index (χ0v) is 10.5. The van der Waals surface area contributed by atoms with Crippen LogP contribution in [0.3, 0.4) is 0 Å². The van der Waals surface area contributed by atoms with Gasteiger partial charge in [-0.05, 0) is 18.8 Å². The molecule has 4 heteroatoms. The van der Waals surface area contributed by atoms with E-state index in [1.54, 1.807) is 0 Å². The molecular formula is C12H25N3O. The monoisotopic (exact) mass is 227 g/mol. The molecule has 0 aromatic heterocycles. The maximum absolute atomic E-state index is 11.6. The molecule has 3 N–H and O–H groups in total. The van der Waals surface area contributed by atoms with Gasteiger partial charge in [-0.25, -0.2) is 0 Å². The number of nitrogens with one attached hydrogen (secondary N) is 1. The van der Waals surface area contributed by atoms with Gasteiger partial charge >= 0.3 is 0 Å². The van der Waals surface area contributed by atoms with Gasteiger partial charge < -0.3 is 11.1 Å². The lowest BCUT2D eigenvalue weighted by molar-refractivity contribution is -0.122. The smallest absolute Gasteiger partial charge is 0.234 e. The first-order valence-corrected chi connectivity index (χ1v) is 6.42. The molecule has 16 heavy (non-hydrogen) atoms. The number of nitrogens with zero attached hydrogens (tertiary/aromatic N) is 1. The lowest BCUT2D eigenvalue weighted by Crippen LogP contribution is -2.49. The minimum absolute atomic E-state index is 0.146. The van der Waals surface area contributed by atoms with Gasteiger partial charge in [-0.3, -0.25) is 9.69 Å². The Morgan fingerprint density at radius 1 is 1.50 bits per heavy atom. The van der Waals surface area contributed by atoms with Crippen LogP contribution in [0.2, 0.25) is 0 Å². The summed E-state index contributed by atoms with van der Waals surface area (Å²) in [5.74, 6) is 0.694. The van der Waals surface area contributed by atoms with Crippen molar-refractivity contribution in [3.8, 4) is 0 Å². The number of likely N-dealkylation sites (tertiary alicyclic amines) is 1. The molecule has 1 fully saturated rings. The lowest BCUT2D eigenvalue weighted by atomic mass is 9.91. The van der Waals surface area contributed by atoms with Gasteiger partial charge in [-0.1, -0.05) is 20.3 Å². The van der Waals surface area contributed by atoms with Crippen molar-refractivity contribution in [2.24, 2.45) is 11.7 Å². The molecule has 0 saturated carbocycles. The van der Waals surface area contributed by atoms with Crippen molar-refractivity contribution in [1.29, 1.82) is 0 Å². The topological polar surface area (TPSA) is 58.4 Å². The van der Waals surface area contributed by atoms with E-state index in [1.807, 2.05) is 0 Å². The molecule has 1 heterocycles. The fourth-order valence-electron chi connectivity index (χ4n) is 2.22. The van der Waals surface area contributed by atoms with Gasteiger partial charge in [0.15, 0.2) is 0 Å². The normalized spacial score (nSPS) is 26.7. The van der Waals surface area contributed by atoms with Gasteiger partial charge in [0.2, 0.25) is 5.91 Å². The van der Waals surface area contributed by atoms with Gasteiger partial charge in [0.25, 0.3) is 0 Å². The third-order valence-electron chi connectivity index (χ3n) is 3.34. The second-order valence-electron chi connectivity index (χ2n) is 4.71. The fourth-order valence-corrected chi connectivity index (χ4v) is 2.22. The third-order valence-corrected chi connectivity index (χ3v) is 3.34. The van der Waals surface area contributed by atoms with E-state index in [0.29, 0.717) is 18.5 Å². The summed E-state index contributed by atoms with van der Waals surface area (Å²) in [5, 5.41) is 2.91. The maximum atomic E-state index is 11.6. The zero-order chi connectivity index (χ0) is 12.0. The molecule has 0 aromatic carbocycles. The fraction of sp³-hybridized carbons (Fsp3) is 0.917. The first-order valence-electron chi connectivity index (χ1n) is 6.42. The molecule has 94 valence electrons. The van der Waals surface area contributed by atoms with Crippen LogP contribution in [0.15, 0.2) is 0 Å². The second-order valence-corrected chi connectivity index (χ2v) is 4.71. The van der Waals surface area contributed by atoms with Gasteiger partial charge in [-0.15, -0.1) is 0 Å². The number of nitrogens with two attached hydrogens (primary N) is 1.